The van der Waals surface area contributed by atoms with Gasteiger partial charge in [-0.05, 0) is 47.1 Å². The van der Waals surface area contributed by atoms with Crippen molar-refractivity contribution >= 4 is 15.9 Å². The van der Waals surface area contributed by atoms with Gasteiger partial charge in [-0.1, -0.05) is 13.0 Å². The summed E-state index contributed by atoms with van der Waals surface area (Å²) in [6, 6.07) is 6.63. The molecule has 1 aromatic rings. The fourth-order valence-corrected chi connectivity index (χ4v) is 2.58. The van der Waals surface area contributed by atoms with E-state index in [1.54, 1.807) is 0 Å². The molecule has 18 heavy (non-hydrogen) atoms. The Kier molecular flexibility index (Phi) is 5.03. The van der Waals surface area contributed by atoms with Gasteiger partial charge < -0.3 is 14.8 Å². The first-order chi connectivity index (χ1) is 8.70. The standard InChI is InChI=1S/C14H20BrNO2/c1-3-16-10(2)11-4-5-14(13(15)8-11)18-12-6-7-17-9-12/h4-5,8,10,12,16H,3,6-7,9H2,1-2H3. The van der Waals surface area contributed by atoms with Crippen molar-refractivity contribution in [3.63, 3.8) is 0 Å². The molecule has 0 aliphatic carbocycles. The first kappa shape index (κ1) is 13.8. The Morgan fingerprint density at radius 3 is 3.00 bits per heavy atom. The predicted octanol–water partition coefficient (Wildman–Crippen LogP) is 3.29. The third-order valence-corrected chi connectivity index (χ3v) is 3.77. The Morgan fingerprint density at radius 1 is 1.56 bits per heavy atom. The van der Waals surface area contributed by atoms with Gasteiger partial charge in [-0.15, -0.1) is 0 Å². The van der Waals surface area contributed by atoms with Crippen LogP contribution in [0.15, 0.2) is 22.7 Å². The summed E-state index contributed by atoms with van der Waals surface area (Å²) < 4.78 is 12.2. The van der Waals surface area contributed by atoms with Gasteiger partial charge in [0, 0.05) is 12.5 Å². The lowest BCUT2D eigenvalue weighted by Gasteiger charge is -2.17. The molecule has 1 heterocycles. The van der Waals surface area contributed by atoms with Gasteiger partial charge in [0.2, 0.25) is 0 Å². The summed E-state index contributed by atoms with van der Waals surface area (Å²) in [6.07, 6.45) is 1.17. The summed E-state index contributed by atoms with van der Waals surface area (Å²) in [7, 11) is 0. The number of benzene rings is 1. The second-order valence-electron chi connectivity index (χ2n) is 4.57. The molecule has 0 amide bonds. The Bertz CT molecular complexity index is 391. The fourth-order valence-electron chi connectivity index (χ4n) is 2.09. The van der Waals surface area contributed by atoms with Crippen molar-refractivity contribution in [2.24, 2.45) is 0 Å². The van der Waals surface area contributed by atoms with Crippen LogP contribution in [0.2, 0.25) is 0 Å². The molecule has 2 rings (SSSR count). The van der Waals surface area contributed by atoms with Crippen LogP contribution in [0.1, 0.15) is 31.9 Å². The minimum Gasteiger partial charge on any atom is -0.487 e. The van der Waals surface area contributed by atoms with E-state index in [2.05, 4.69) is 47.2 Å². The molecule has 2 atom stereocenters. The number of hydrogen-bond donors (Lipinski definition) is 1. The molecule has 1 N–H and O–H groups in total. The second-order valence-corrected chi connectivity index (χ2v) is 5.43. The van der Waals surface area contributed by atoms with Crippen LogP contribution in [0.4, 0.5) is 0 Å². The van der Waals surface area contributed by atoms with Gasteiger partial charge in [-0.2, -0.15) is 0 Å². The van der Waals surface area contributed by atoms with E-state index in [9.17, 15) is 0 Å². The molecule has 100 valence electrons. The van der Waals surface area contributed by atoms with Crippen molar-refractivity contribution in [3.05, 3.63) is 28.2 Å². The quantitative estimate of drug-likeness (QED) is 0.905. The SMILES string of the molecule is CCNC(C)c1ccc(OC2CCOC2)c(Br)c1. The smallest absolute Gasteiger partial charge is 0.134 e. The first-order valence-electron chi connectivity index (χ1n) is 6.48. The molecule has 0 bridgehead atoms. The van der Waals surface area contributed by atoms with E-state index in [4.69, 9.17) is 9.47 Å². The highest BCUT2D eigenvalue weighted by Gasteiger charge is 2.18. The third-order valence-electron chi connectivity index (χ3n) is 3.15. The maximum absolute atomic E-state index is 5.91. The van der Waals surface area contributed by atoms with Crippen LogP contribution in [-0.2, 0) is 4.74 Å². The molecule has 0 radical (unpaired) electrons. The maximum atomic E-state index is 5.91. The lowest BCUT2D eigenvalue weighted by Crippen LogP contribution is -2.18. The largest absolute Gasteiger partial charge is 0.487 e. The average molecular weight is 314 g/mol. The van der Waals surface area contributed by atoms with E-state index in [0.29, 0.717) is 12.6 Å². The molecule has 2 unspecified atom stereocenters. The molecule has 4 heteroatoms. The molecule has 1 aliphatic rings. The summed E-state index contributed by atoms with van der Waals surface area (Å²) in [6.45, 7) is 6.75. The van der Waals surface area contributed by atoms with E-state index >= 15 is 0 Å². The zero-order valence-corrected chi connectivity index (χ0v) is 12.5. The van der Waals surface area contributed by atoms with Gasteiger partial charge in [-0.3, -0.25) is 0 Å². The highest BCUT2D eigenvalue weighted by molar-refractivity contribution is 9.10. The highest BCUT2D eigenvalue weighted by Crippen LogP contribution is 2.30. The zero-order valence-electron chi connectivity index (χ0n) is 10.9. The molecular formula is C14H20BrNO2. The molecule has 0 spiro atoms. The molecular weight excluding hydrogens is 294 g/mol. The Hall–Kier alpha value is -0.580. The molecule has 0 aromatic heterocycles. The topological polar surface area (TPSA) is 30.5 Å². The number of hydrogen-bond acceptors (Lipinski definition) is 3. The van der Waals surface area contributed by atoms with Crippen molar-refractivity contribution in [1.29, 1.82) is 0 Å². The number of ether oxygens (including phenoxy) is 2. The lowest BCUT2D eigenvalue weighted by atomic mass is 10.1. The summed E-state index contributed by atoms with van der Waals surface area (Å²) >= 11 is 3.58. The van der Waals surface area contributed by atoms with Crippen molar-refractivity contribution in [1.82, 2.24) is 5.32 Å². The number of rotatable bonds is 5. The van der Waals surface area contributed by atoms with E-state index in [0.717, 1.165) is 29.8 Å². The lowest BCUT2D eigenvalue weighted by molar-refractivity contribution is 0.141. The fraction of sp³-hybridized carbons (Fsp3) is 0.571. The second kappa shape index (κ2) is 6.55. The number of halogens is 1. The van der Waals surface area contributed by atoms with Gasteiger partial charge >= 0.3 is 0 Å². The Morgan fingerprint density at radius 2 is 2.39 bits per heavy atom. The molecule has 1 fully saturated rings. The van der Waals surface area contributed by atoms with Gasteiger partial charge in [0.25, 0.3) is 0 Å². The van der Waals surface area contributed by atoms with E-state index in [1.165, 1.54) is 5.56 Å². The third kappa shape index (κ3) is 3.46. The zero-order chi connectivity index (χ0) is 13.0. The minimum atomic E-state index is 0.193. The molecule has 1 aromatic carbocycles. The summed E-state index contributed by atoms with van der Waals surface area (Å²) in [5, 5.41) is 3.40. The monoisotopic (exact) mass is 313 g/mol. The van der Waals surface area contributed by atoms with Crippen LogP contribution < -0.4 is 10.1 Å². The predicted molar refractivity (Wildman–Crippen MR) is 76.1 cm³/mol. The van der Waals surface area contributed by atoms with Gasteiger partial charge in [0.15, 0.2) is 0 Å². The average Bonchev–Trinajstić information content (AvgIpc) is 2.85. The summed E-state index contributed by atoms with van der Waals surface area (Å²) in [5.74, 6) is 0.901. The minimum absolute atomic E-state index is 0.193. The van der Waals surface area contributed by atoms with E-state index in [1.807, 2.05) is 6.07 Å². The molecule has 1 saturated heterocycles. The highest BCUT2D eigenvalue weighted by atomic mass is 79.9. The summed E-state index contributed by atoms with van der Waals surface area (Å²) in [5.41, 5.74) is 1.26. The van der Waals surface area contributed by atoms with Crippen molar-refractivity contribution in [2.75, 3.05) is 19.8 Å². The van der Waals surface area contributed by atoms with Crippen LogP contribution >= 0.6 is 15.9 Å². The van der Waals surface area contributed by atoms with Crippen LogP contribution in [0.25, 0.3) is 0 Å². The van der Waals surface area contributed by atoms with Crippen molar-refractivity contribution in [3.8, 4) is 5.75 Å². The van der Waals surface area contributed by atoms with Gasteiger partial charge in [0.1, 0.15) is 11.9 Å². The van der Waals surface area contributed by atoms with Crippen molar-refractivity contribution in [2.45, 2.75) is 32.4 Å². The first-order valence-corrected chi connectivity index (χ1v) is 7.27. The van der Waals surface area contributed by atoms with Crippen LogP contribution in [-0.4, -0.2) is 25.9 Å². The van der Waals surface area contributed by atoms with Crippen LogP contribution in [0.5, 0.6) is 5.75 Å². The molecule has 1 aliphatic heterocycles. The van der Waals surface area contributed by atoms with Gasteiger partial charge in [0.05, 0.1) is 17.7 Å². The van der Waals surface area contributed by atoms with Gasteiger partial charge in [-0.25, -0.2) is 0 Å². The molecule has 3 nitrogen and oxygen atoms in total. The van der Waals surface area contributed by atoms with Crippen molar-refractivity contribution < 1.29 is 9.47 Å². The Labute approximate surface area is 117 Å². The Balaban J connectivity index is 2.04. The van der Waals surface area contributed by atoms with Crippen LogP contribution in [0, 0.1) is 0 Å². The van der Waals surface area contributed by atoms with E-state index < -0.39 is 0 Å². The maximum Gasteiger partial charge on any atom is 0.134 e. The van der Waals surface area contributed by atoms with E-state index in [-0.39, 0.29) is 6.10 Å². The van der Waals surface area contributed by atoms with Crippen LogP contribution in [0.3, 0.4) is 0 Å². The normalized spacial score (nSPS) is 20.9. The number of nitrogens with one attached hydrogen (secondary N) is 1. The summed E-state index contributed by atoms with van der Waals surface area (Å²) in [4.78, 5) is 0. The molecule has 0 saturated carbocycles.